The second-order valence-corrected chi connectivity index (χ2v) is 8.61. The van der Waals surface area contributed by atoms with Gasteiger partial charge in [0.2, 0.25) is 15.9 Å². The van der Waals surface area contributed by atoms with Crippen LogP contribution in [0.4, 0.5) is 14.5 Å². The number of hydrogen-bond donors (Lipinski definition) is 1. The number of sulfonamides is 1. The molecule has 0 unspecified atom stereocenters. The first-order valence-corrected chi connectivity index (χ1v) is 10.8. The lowest BCUT2D eigenvalue weighted by Crippen LogP contribution is -2.35. The molecule has 3 rings (SSSR count). The molecule has 1 N–H and O–H groups in total. The van der Waals surface area contributed by atoms with Crippen molar-refractivity contribution in [3.05, 3.63) is 64.7 Å². The van der Waals surface area contributed by atoms with Gasteiger partial charge in [0.05, 0.1) is 5.75 Å². The van der Waals surface area contributed by atoms with Crippen molar-refractivity contribution in [1.29, 1.82) is 0 Å². The van der Waals surface area contributed by atoms with Gasteiger partial charge in [0, 0.05) is 30.8 Å². The number of halogens is 2. The molecule has 8 heteroatoms. The number of anilines is 1. The number of carbonyl (C=O) groups excluding carboxylic acids is 1. The Bertz CT molecular complexity index is 993. The maximum atomic E-state index is 13.7. The average molecular weight is 408 g/mol. The molecule has 28 heavy (non-hydrogen) atoms. The third-order valence-electron chi connectivity index (χ3n) is 4.66. The quantitative estimate of drug-likeness (QED) is 0.765. The second kappa shape index (κ2) is 8.36. The molecule has 5 nitrogen and oxygen atoms in total. The fourth-order valence-corrected chi connectivity index (χ4v) is 4.42. The van der Waals surface area contributed by atoms with Gasteiger partial charge >= 0.3 is 0 Å². The minimum atomic E-state index is -3.84. The van der Waals surface area contributed by atoms with Crippen molar-refractivity contribution in [2.24, 2.45) is 0 Å². The summed E-state index contributed by atoms with van der Waals surface area (Å²) in [6, 6.07) is 8.95. The number of rotatable bonds is 7. The van der Waals surface area contributed by atoms with E-state index in [1.807, 2.05) is 19.1 Å². The molecule has 1 heterocycles. The summed E-state index contributed by atoms with van der Waals surface area (Å²) in [7, 11) is -3.84. The van der Waals surface area contributed by atoms with Crippen LogP contribution in [0.1, 0.15) is 36.5 Å². The van der Waals surface area contributed by atoms with Gasteiger partial charge in [-0.2, -0.15) is 0 Å². The van der Waals surface area contributed by atoms with E-state index in [2.05, 4.69) is 4.72 Å². The number of carbonyl (C=O) groups is 1. The zero-order valence-corrected chi connectivity index (χ0v) is 16.4. The summed E-state index contributed by atoms with van der Waals surface area (Å²) in [5.74, 6) is -2.77. The van der Waals surface area contributed by atoms with Gasteiger partial charge in [-0.15, -0.1) is 0 Å². The van der Waals surface area contributed by atoms with E-state index >= 15 is 0 Å². The fourth-order valence-electron chi connectivity index (χ4n) is 3.30. The maximum absolute atomic E-state index is 13.7. The van der Waals surface area contributed by atoms with Gasteiger partial charge in [-0.25, -0.2) is 21.9 Å². The lowest BCUT2D eigenvalue weighted by molar-refractivity contribution is -0.118. The Kier molecular flexibility index (Phi) is 6.10. The summed E-state index contributed by atoms with van der Waals surface area (Å²) >= 11 is 0. The van der Waals surface area contributed by atoms with Gasteiger partial charge in [-0.1, -0.05) is 31.2 Å². The van der Waals surface area contributed by atoms with Gasteiger partial charge in [0.1, 0.15) is 0 Å². The molecule has 0 atom stereocenters. The first-order chi connectivity index (χ1) is 13.3. The standard InChI is InChI=1S/C20H22F2N2O3S/c1-2-10-24-18-8-6-14(11-15(18)7-9-19(24)25)12-23-28(26,27)13-16-4-3-5-17(21)20(16)22/h3-6,8,11,23H,2,7,9-10,12-13H2,1H3. The normalized spacial score (nSPS) is 14.2. The summed E-state index contributed by atoms with van der Waals surface area (Å²) < 4.78 is 53.9. The first-order valence-electron chi connectivity index (χ1n) is 9.13. The Hall–Kier alpha value is -2.32. The number of hydrogen-bond acceptors (Lipinski definition) is 3. The van der Waals surface area contributed by atoms with Gasteiger partial charge in [-0.05, 0) is 36.1 Å². The van der Waals surface area contributed by atoms with E-state index in [4.69, 9.17) is 0 Å². The zero-order chi connectivity index (χ0) is 20.3. The third-order valence-corrected chi connectivity index (χ3v) is 5.94. The van der Waals surface area contributed by atoms with Crippen LogP contribution < -0.4 is 9.62 Å². The van der Waals surface area contributed by atoms with E-state index in [-0.39, 0.29) is 18.0 Å². The highest BCUT2D eigenvalue weighted by atomic mass is 32.2. The molecule has 2 aromatic rings. The van der Waals surface area contributed by atoms with Gasteiger partial charge in [-0.3, -0.25) is 4.79 Å². The predicted octanol–water partition coefficient (Wildman–Crippen LogP) is 3.27. The average Bonchev–Trinajstić information content (AvgIpc) is 2.66. The second-order valence-electron chi connectivity index (χ2n) is 6.80. The summed E-state index contributed by atoms with van der Waals surface area (Å²) in [5.41, 5.74) is 2.40. The molecule has 150 valence electrons. The predicted molar refractivity (Wildman–Crippen MR) is 103 cm³/mol. The summed E-state index contributed by atoms with van der Waals surface area (Å²) in [6.45, 7) is 2.69. The smallest absolute Gasteiger partial charge is 0.227 e. The van der Waals surface area contributed by atoms with Crippen molar-refractivity contribution in [1.82, 2.24) is 4.72 Å². The van der Waals surface area contributed by atoms with Crippen LogP contribution in [-0.2, 0) is 33.5 Å². The van der Waals surface area contributed by atoms with Gasteiger partial charge in [0.25, 0.3) is 0 Å². The largest absolute Gasteiger partial charge is 0.312 e. The third kappa shape index (κ3) is 4.56. The molecule has 0 radical (unpaired) electrons. The Labute approximate surface area is 163 Å². The molecule has 0 saturated heterocycles. The first kappa shape index (κ1) is 20.4. The lowest BCUT2D eigenvalue weighted by atomic mass is 9.98. The number of amides is 1. The van der Waals surface area contributed by atoms with E-state index in [9.17, 15) is 22.0 Å². The minimum Gasteiger partial charge on any atom is -0.312 e. The van der Waals surface area contributed by atoms with E-state index in [1.54, 1.807) is 11.0 Å². The monoisotopic (exact) mass is 408 g/mol. The van der Waals surface area contributed by atoms with Crippen molar-refractivity contribution in [3.63, 3.8) is 0 Å². The van der Waals surface area contributed by atoms with Crippen molar-refractivity contribution in [2.45, 2.75) is 38.5 Å². The van der Waals surface area contributed by atoms with Crippen LogP contribution in [0, 0.1) is 11.6 Å². The SMILES string of the molecule is CCCN1C(=O)CCc2cc(CNS(=O)(=O)Cc3cccc(F)c3F)ccc21. The Morgan fingerprint density at radius 1 is 1.14 bits per heavy atom. The van der Waals surface area contributed by atoms with Crippen LogP contribution in [0.3, 0.4) is 0 Å². The van der Waals surface area contributed by atoms with Crippen molar-refractivity contribution in [2.75, 3.05) is 11.4 Å². The maximum Gasteiger partial charge on any atom is 0.227 e. The Morgan fingerprint density at radius 2 is 1.93 bits per heavy atom. The molecule has 0 fully saturated rings. The zero-order valence-electron chi connectivity index (χ0n) is 15.5. The molecule has 2 aromatic carbocycles. The Morgan fingerprint density at radius 3 is 2.68 bits per heavy atom. The van der Waals surface area contributed by atoms with Crippen LogP contribution in [-0.4, -0.2) is 20.9 Å². The molecular formula is C20H22F2N2O3S. The molecule has 1 aliphatic rings. The van der Waals surface area contributed by atoms with Crippen LogP contribution in [0.5, 0.6) is 0 Å². The molecule has 0 spiro atoms. The lowest BCUT2D eigenvalue weighted by Gasteiger charge is -2.29. The van der Waals surface area contributed by atoms with E-state index in [0.717, 1.165) is 29.3 Å². The topological polar surface area (TPSA) is 66.5 Å². The highest BCUT2D eigenvalue weighted by Crippen LogP contribution is 2.29. The molecule has 0 saturated carbocycles. The Balaban J connectivity index is 1.71. The van der Waals surface area contributed by atoms with Crippen LogP contribution in [0.25, 0.3) is 0 Å². The number of fused-ring (bicyclic) bond motifs is 1. The van der Waals surface area contributed by atoms with Crippen LogP contribution >= 0.6 is 0 Å². The van der Waals surface area contributed by atoms with Crippen LogP contribution in [0.15, 0.2) is 36.4 Å². The van der Waals surface area contributed by atoms with Gasteiger partial charge < -0.3 is 4.90 Å². The summed E-state index contributed by atoms with van der Waals surface area (Å²) in [6.07, 6.45) is 1.90. The molecule has 0 aliphatic carbocycles. The van der Waals surface area contributed by atoms with Crippen molar-refractivity contribution >= 4 is 21.6 Å². The summed E-state index contributed by atoms with van der Waals surface area (Å²) in [5, 5.41) is 0. The van der Waals surface area contributed by atoms with Crippen molar-refractivity contribution < 1.29 is 22.0 Å². The summed E-state index contributed by atoms with van der Waals surface area (Å²) in [4.78, 5) is 13.9. The van der Waals surface area contributed by atoms with Crippen molar-refractivity contribution in [3.8, 4) is 0 Å². The van der Waals surface area contributed by atoms with E-state index < -0.39 is 27.4 Å². The number of benzene rings is 2. The number of nitrogens with zero attached hydrogens (tertiary/aromatic N) is 1. The molecule has 1 aliphatic heterocycles. The van der Waals surface area contributed by atoms with Gasteiger partial charge in [0.15, 0.2) is 11.6 Å². The number of aryl methyl sites for hydroxylation is 1. The molecule has 1 amide bonds. The molecular weight excluding hydrogens is 386 g/mol. The van der Waals surface area contributed by atoms with E-state index in [1.165, 1.54) is 12.1 Å². The molecule has 0 bridgehead atoms. The van der Waals surface area contributed by atoms with Crippen LogP contribution in [0.2, 0.25) is 0 Å². The fraction of sp³-hybridized carbons (Fsp3) is 0.350. The minimum absolute atomic E-state index is 0.0360. The van der Waals surface area contributed by atoms with E-state index in [0.29, 0.717) is 19.4 Å². The highest BCUT2D eigenvalue weighted by molar-refractivity contribution is 7.88. The number of nitrogens with one attached hydrogen (secondary N) is 1. The highest BCUT2D eigenvalue weighted by Gasteiger charge is 2.23. The molecule has 0 aromatic heterocycles.